The lowest BCUT2D eigenvalue weighted by Crippen LogP contribution is -2.42. The predicted molar refractivity (Wildman–Crippen MR) is 101 cm³/mol. The third-order valence-electron chi connectivity index (χ3n) is 6.22. The molecule has 0 spiro atoms. The Morgan fingerprint density at radius 2 is 1.88 bits per heavy atom. The van der Waals surface area contributed by atoms with Gasteiger partial charge in [0.05, 0.1) is 17.6 Å². The monoisotopic (exact) mass is 338 g/mol. The molecule has 1 saturated heterocycles. The summed E-state index contributed by atoms with van der Waals surface area (Å²) in [6.45, 7) is 4.63. The molecule has 2 aliphatic rings. The van der Waals surface area contributed by atoms with Gasteiger partial charge in [-0.15, -0.1) is 0 Å². The number of aryl methyl sites for hydroxylation is 1. The molecular weight excluding hydrogens is 308 g/mol. The van der Waals surface area contributed by atoms with E-state index >= 15 is 0 Å². The fourth-order valence-corrected chi connectivity index (χ4v) is 4.64. The highest BCUT2D eigenvalue weighted by molar-refractivity contribution is 5.54. The van der Waals surface area contributed by atoms with Gasteiger partial charge in [-0.05, 0) is 63.1 Å². The van der Waals surface area contributed by atoms with E-state index in [1.807, 2.05) is 20.2 Å². The average molecular weight is 338 g/mol. The summed E-state index contributed by atoms with van der Waals surface area (Å²) >= 11 is 0. The number of rotatable bonds is 4. The lowest BCUT2D eigenvalue weighted by molar-refractivity contribution is 0.125. The fourth-order valence-electron chi connectivity index (χ4n) is 4.64. The number of likely N-dealkylation sites (tertiary alicyclic amines) is 1. The minimum Gasteiger partial charge on any atom is -0.330 e. The molecule has 2 fully saturated rings. The normalized spacial score (nSPS) is 22.6. The zero-order valence-electron chi connectivity index (χ0n) is 15.6. The van der Waals surface area contributed by atoms with Crippen LogP contribution in [0, 0.1) is 12.8 Å². The number of hydrogen-bond donors (Lipinski definition) is 0. The molecule has 25 heavy (non-hydrogen) atoms. The second kappa shape index (κ2) is 7.28. The molecular formula is C21H30N4. The maximum Gasteiger partial charge on any atom is 0.105 e. The van der Waals surface area contributed by atoms with E-state index in [2.05, 4.69) is 32.8 Å². The summed E-state index contributed by atoms with van der Waals surface area (Å²) in [5.41, 5.74) is 3.48. The zero-order chi connectivity index (χ0) is 17.2. The highest BCUT2D eigenvalue weighted by Gasteiger charge is 2.27. The van der Waals surface area contributed by atoms with Crippen LogP contribution in [0.3, 0.4) is 0 Å². The Bertz CT molecular complexity index is 697. The second-order valence-corrected chi connectivity index (χ2v) is 7.95. The highest BCUT2D eigenvalue weighted by Crippen LogP contribution is 2.29. The average Bonchev–Trinajstić information content (AvgIpc) is 3.28. The van der Waals surface area contributed by atoms with Crippen LogP contribution in [0.5, 0.6) is 0 Å². The molecule has 1 atom stereocenters. The van der Waals surface area contributed by atoms with Gasteiger partial charge in [-0.2, -0.15) is 0 Å². The number of pyridine rings is 1. The smallest absolute Gasteiger partial charge is 0.105 e. The van der Waals surface area contributed by atoms with Crippen LogP contribution in [0.2, 0.25) is 0 Å². The Labute approximate surface area is 151 Å². The van der Waals surface area contributed by atoms with Gasteiger partial charge in [0, 0.05) is 25.8 Å². The predicted octanol–water partition coefficient (Wildman–Crippen LogP) is 3.99. The molecule has 4 rings (SSSR count). The van der Waals surface area contributed by atoms with Crippen molar-refractivity contribution in [1.82, 2.24) is 19.4 Å². The topological polar surface area (TPSA) is 34.0 Å². The van der Waals surface area contributed by atoms with Crippen molar-refractivity contribution in [1.29, 1.82) is 0 Å². The van der Waals surface area contributed by atoms with Crippen molar-refractivity contribution in [2.24, 2.45) is 13.0 Å². The summed E-state index contributed by atoms with van der Waals surface area (Å²) in [5, 5.41) is 0. The van der Waals surface area contributed by atoms with E-state index in [9.17, 15) is 0 Å². The van der Waals surface area contributed by atoms with Crippen molar-refractivity contribution >= 4 is 0 Å². The minimum atomic E-state index is 0.793. The van der Waals surface area contributed by atoms with Crippen molar-refractivity contribution < 1.29 is 0 Å². The molecule has 0 aromatic carbocycles. The number of piperidine rings is 1. The lowest BCUT2D eigenvalue weighted by Gasteiger charge is -2.37. The number of aromatic nitrogens is 3. The van der Waals surface area contributed by atoms with Crippen LogP contribution in [-0.4, -0.2) is 38.6 Å². The molecule has 1 aliphatic heterocycles. The summed E-state index contributed by atoms with van der Waals surface area (Å²) in [6.07, 6.45) is 13.6. The van der Waals surface area contributed by atoms with Crippen LogP contribution < -0.4 is 0 Å². The van der Waals surface area contributed by atoms with Gasteiger partial charge in [-0.1, -0.05) is 18.9 Å². The summed E-state index contributed by atoms with van der Waals surface area (Å²) in [7, 11) is 2.05. The molecule has 134 valence electrons. The standard InChI is InChI=1S/C21H30N4/c1-16-22-14-21(24(16)2)20-10-9-17(13-23-20)12-18-6-5-11-25(15-18)19-7-3-4-8-19/h9-10,13-14,18-19H,3-8,11-12,15H2,1-2H3/t18-/m0/s1. The first-order chi connectivity index (χ1) is 12.2. The third kappa shape index (κ3) is 3.64. The molecule has 2 aromatic rings. The third-order valence-corrected chi connectivity index (χ3v) is 6.22. The van der Waals surface area contributed by atoms with Gasteiger partial charge in [0.25, 0.3) is 0 Å². The first-order valence-electron chi connectivity index (χ1n) is 9.88. The Morgan fingerprint density at radius 1 is 1.04 bits per heavy atom. The Hall–Kier alpha value is -1.68. The van der Waals surface area contributed by atoms with E-state index in [0.717, 1.165) is 29.2 Å². The summed E-state index contributed by atoms with van der Waals surface area (Å²) < 4.78 is 2.10. The van der Waals surface area contributed by atoms with Gasteiger partial charge in [-0.3, -0.25) is 4.98 Å². The van der Waals surface area contributed by atoms with Crippen molar-refractivity contribution in [2.75, 3.05) is 13.1 Å². The van der Waals surface area contributed by atoms with E-state index < -0.39 is 0 Å². The summed E-state index contributed by atoms with van der Waals surface area (Å²) in [6, 6.07) is 5.29. The number of imidazole rings is 1. The molecule has 0 bridgehead atoms. The van der Waals surface area contributed by atoms with Crippen LogP contribution >= 0.6 is 0 Å². The first kappa shape index (κ1) is 16.8. The van der Waals surface area contributed by atoms with Crippen LogP contribution in [0.1, 0.15) is 49.9 Å². The van der Waals surface area contributed by atoms with Crippen molar-refractivity contribution in [3.63, 3.8) is 0 Å². The van der Waals surface area contributed by atoms with Crippen molar-refractivity contribution in [3.05, 3.63) is 35.9 Å². The summed E-state index contributed by atoms with van der Waals surface area (Å²) in [4.78, 5) is 11.9. The van der Waals surface area contributed by atoms with E-state index in [1.165, 1.54) is 63.6 Å². The van der Waals surface area contributed by atoms with E-state index in [-0.39, 0.29) is 0 Å². The van der Waals surface area contributed by atoms with E-state index in [4.69, 9.17) is 4.98 Å². The van der Waals surface area contributed by atoms with Crippen LogP contribution in [-0.2, 0) is 13.5 Å². The maximum absolute atomic E-state index is 4.71. The quantitative estimate of drug-likeness (QED) is 0.845. The minimum absolute atomic E-state index is 0.793. The molecule has 2 aromatic heterocycles. The van der Waals surface area contributed by atoms with Gasteiger partial charge >= 0.3 is 0 Å². The second-order valence-electron chi connectivity index (χ2n) is 7.95. The molecule has 0 amide bonds. The Morgan fingerprint density at radius 3 is 2.56 bits per heavy atom. The number of hydrogen-bond acceptors (Lipinski definition) is 3. The van der Waals surface area contributed by atoms with Gasteiger partial charge in [0.15, 0.2) is 0 Å². The molecule has 4 nitrogen and oxygen atoms in total. The van der Waals surface area contributed by atoms with Gasteiger partial charge in [0.2, 0.25) is 0 Å². The van der Waals surface area contributed by atoms with Crippen molar-refractivity contribution in [3.8, 4) is 11.4 Å². The molecule has 1 aliphatic carbocycles. The van der Waals surface area contributed by atoms with Gasteiger partial charge < -0.3 is 9.47 Å². The first-order valence-corrected chi connectivity index (χ1v) is 9.88. The van der Waals surface area contributed by atoms with E-state index in [0.29, 0.717) is 0 Å². The molecule has 0 unspecified atom stereocenters. The molecule has 3 heterocycles. The van der Waals surface area contributed by atoms with Gasteiger partial charge in [0.1, 0.15) is 5.82 Å². The molecule has 4 heteroatoms. The molecule has 1 saturated carbocycles. The van der Waals surface area contributed by atoms with Crippen LogP contribution in [0.4, 0.5) is 0 Å². The van der Waals surface area contributed by atoms with Gasteiger partial charge in [-0.25, -0.2) is 4.98 Å². The maximum atomic E-state index is 4.71. The van der Waals surface area contributed by atoms with Crippen LogP contribution in [0.15, 0.2) is 24.5 Å². The van der Waals surface area contributed by atoms with E-state index in [1.54, 1.807) is 0 Å². The molecule has 0 radical (unpaired) electrons. The summed E-state index contributed by atoms with van der Waals surface area (Å²) in [5.74, 6) is 1.82. The van der Waals surface area contributed by atoms with Crippen LogP contribution in [0.25, 0.3) is 11.4 Å². The zero-order valence-corrected chi connectivity index (χ0v) is 15.6. The highest BCUT2D eigenvalue weighted by atomic mass is 15.2. The van der Waals surface area contributed by atoms with Crippen molar-refractivity contribution in [2.45, 2.75) is 57.9 Å². The molecule has 0 N–H and O–H groups in total. The Balaban J connectivity index is 1.40. The Kier molecular flexibility index (Phi) is 4.89. The largest absolute Gasteiger partial charge is 0.330 e. The number of nitrogens with zero attached hydrogens (tertiary/aromatic N) is 4. The fraction of sp³-hybridized carbons (Fsp3) is 0.619. The lowest BCUT2D eigenvalue weighted by atomic mass is 9.91. The SMILES string of the molecule is Cc1ncc(-c2ccc(C[C@@H]3CCCN(C4CCCC4)C3)cn2)n1C.